The van der Waals surface area contributed by atoms with Crippen LogP contribution in [0.3, 0.4) is 0 Å². The van der Waals surface area contributed by atoms with Crippen LogP contribution in [0.4, 0.5) is 4.79 Å². The van der Waals surface area contributed by atoms with E-state index >= 15 is 0 Å². The number of fused-ring (bicyclic) bond motifs is 1. The van der Waals surface area contributed by atoms with Crippen LogP contribution in [0.25, 0.3) is 11.0 Å². The maximum absolute atomic E-state index is 11.7. The van der Waals surface area contributed by atoms with Gasteiger partial charge < -0.3 is 19.7 Å². The number of carbonyl (C=O) groups excluding carboxylic acids is 1. The van der Waals surface area contributed by atoms with Crippen molar-refractivity contribution >= 4 is 33.1 Å². The maximum Gasteiger partial charge on any atom is 0.407 e. The number of rotatable bonds is 5. The minimum atomic E-state index is -0.513. The Morgan fingerprint density at radius 2 is 2.17 bits per heavy atom. The maximum atomic E-state index is 11.7. The summed E-state index contributed by atoms with van der Waals surface area (Å²) in [6.45, 7) is 6.39. The highest BCUT2D eigenvalue weighted by atomic mass is 79.9. The van der Waals surface area contributed by atoms with Crippen molar-refractivity contribution in [2.75, 3.05) is 13.2 Å². The van der Waals surface area contributed by atoms with Gasteiger partial charge in [-0.25, -0.2) is 9.78 Å². The number of aromatic nitrogens is 2. The van der Waals surface area contributed by atoms with Gasteiger partial charge in [-0.15, -0.1) is 0 Å². The fourth-order valence-corrected chi connectivity index (χ4v) is 2.63. The highest BCUT2D eigenvalue weighted by Gasteiger charge is 2.16. The highest BCUT2D eigenvalue weighted by molar-refractivity contribution is 9.10. The number of nitrogens with one attached hydrogen (secondary N) is 1. The lowest BCUT2D eigenvalue weighted by atomic mass is 10.2. The highest BCUT2D eigenvalue weighted by Crippen LogP contribution is 2.21. The number of hydrogen-bond donors (Lipinski definition) is 2. The molecule has 0 aliphatic carbocycles. The molecule has 2 N–H and O–H groups in total. The van der Waals surface area contributed by atoms with E-state index in [1.807, 2.05) is 43.5 Å². The zero-order valence-electron chi connectivity index (χ0n) is 13.6. The van der Waals surface area contributed by atoms with E-state index in [-0.39, 0.29) is 6.61 Å². The molecule has 0 bridgehead atoms. The summed E-state index contributed by atoms with van der Waals surface area (Å²) in [7, 11) is 0. The first-order valence-corrected chi connectivity index (χ1v) is 8.32. The first-order chi connectivity index (χ1) is 10.8. The smallest absolute Gasteiger partial charge is 0.407 e. The van der Waals surface area contributed by atoms with Crippen LogP contribution in [-0.4, -0.2) is 39.5 Å². The predicted octanol–water partition coefficient (Wildman–Crippen LogP) is 2.86. The van der Waals surface area contributed by atoms with E-state index in [1.165, 1.54) is 0 Å². The van der Waals surface area contributed by atoms with Gasteiger partial charge in [-0.1, -0.05) is 15.9 Å². The Bertz CT molecular complexity index is 692. The van der Waals surface area contributed by atoms with Gasteiger partial charge in [-0.05, 0) is 39.0 Å². The Kier molecular flexibility index (Phi) is 5.64. The Morgan fingerprint density at radius 3 is 2.83 bits per heavy atom. The number of imidazole rings is 1. The fraction of sp³-hybridized carbons (Fsp3) is 0.500. The van der Waals surface area contributed by atoms with Gasteiger partial charge in [0.2, 0.25) is 0 Å². The Hall–Kier alpha value is -1.60. The lowest BCUT2D eigenvalue weighted by molar-refractivity contribution is 0.0528. The summed E-state index contributed by atoms with van der Waals surface area (Å²) in [4.78, 5) is 16.3. The molecule has 0 fully saturated rings. The molecule has 6 nitrogen and oxygen atoms in total. The number of halogens is 1. The third-order valence-electron chi connectivity index (χ3n) is 3.13. The summed E-state index contributed by atoms with van der Waals surface area (Å²) >= 11 is 3.45. The molecule has 1 aromatic heterocycles. The van der Waals surface area contributed by atoms with Crippen LogP contribution in [0.2, 0.25) is 0 Å². The van der Waals surface area contributed by atoms with Gasteiger partial charge in [0.15, 0.2) is 0 Å². The Labute approximate surface area is 144 Å². The second kappa shape index (κ2) is 7.31. The number of alkyl carbamates (subject to hydrolysis) is 1. The first kappa shape index (κ1) is 17.7. The molecular formula is C16H22BrN3O3. The van der Waals surface area contributed by atoms with Gasteiger partial charge in [0.05, 0.1) is 17.6 Å². The van der Waals surface area contributed by atoms with Crippen LogP contribution in [0.1, 0.15) is 26.6 Å². The summed E-state index contributed by atoms with van der Waals surface area (Å²) < 4.78 is 8.13. The third-order valence-corrected chi connectivity index (χ3v) is 3.62. The molecule has 0 aliphatic heterocycles. The van der Waals surface area contributed by atoms with Crippen molar-refractivity contribution in [3.05, 3.63) is 28.5 Å². The number of aliphatic hydroxyl groups excluding tert-OH is 1. The quantitative estimate of drug-likeness (QED) is 0.831. The molecule has 0 aliphatic rings. The summed E-state index contributed by atoms with van der Waals surface area (Å²) in [5.74, 6) is 0.822. The number of benzene rings is 1. The first-order valence-electron chi connectivity index (χ1n) is 7.52. The number of carbonyl (C=O) groups is 1. The minimum absolute atomic E-state index is 0.0322. The average Bonchev–Trinajstić information content (AvgIpc) is 2.75. The van der Waals surface area contributed by atoms with Crippen molar-refractivity contribution in [2.24, 2.45) is 0 Å². The van der Waals surface area contributed by atoms with Crippen LogP contribution in [0.5, 0.6) is 0 Å². The molecule has 1 amide bonds. The second-order valence-corrected chi connectivity index (χ2v) is 7.13. The van der Waals surface area contributed by atoms with Crippen molar-refractivity contribution in [1.82, 2.24) is 14.9 Å². The number of ether oxygens (including phenoxy) is 1. The largest absolute Gasteiger partial charge is 0.444 e. The van der Waals surface area contributed by atoms with Crippen LogP contribution in [-0.2, 0) is 17.7 Å². The van der Waals surface area contributed by atoms with Crippen LogP contribution >= 0.6 is 15.9 Å². The molecule has 7 heteroatoms. The topological polar surface area (TPSA) is 76.4 Å². The molecule has 1 heterocycles. The van der Waals surface area contributed by atoms with E-state index in [1.54, 1.807) is 0 Å². The standard InChI is InChI=1S/C16H22BrN3O3/c1-16(2,3)23-15(22)18-7-6-14-19-12-5-4-11(17)10-13(12)20(14)8-9-21/h4-5,10,21H,6-9H2,1-3H3,(H,18,22). The van der Waals surface area contributed by atoms with Crippen molar-refractivity contribution in [3.8, 4) is 0 Å². The molecule has 0 spiro atoms. The molecule has 126 valence electrons. The summed E-state index contributed by atoms with van der Waals surface area (Å²) in [5, 5.41) is 12.0. The normalized spacial score (nSPS) is 11.7. The van der Waals surface area contributed by atoms with Gasteiger partial charge in [-0.3, -0.25) is 0 Å². The van der Waals surface area contributed by atoms with E-state index in [4.69, 9.17) is 4.74 Å². The van der Waals surface area contributed by atoms with Crippen molar-refractivity contribution in [1.29, 1.82) is 0 Å². The number of aliphatic hydroxyl groups is 1. The third kappa shape index (κ3) is 4.94. The molecule has 0 unspecified atom stereocenters. The SMILES string of the molecule is CC(C)(C)OC(=O)NCCc1nc2ccc(Br)cc2n1CCO. The Balaban J connectivity index is 2.07. The summed E-state index contributed by atoms with van der Waals surface area (Å²) in [6, 6.07) is 5.84. The minimum Gasteiger partial charge on any atom is -0.444 e. The van der Waals surface area contributed by atoms with Gasteiger partial charge >= 0.3 is 6.09 Å². The zero-order valence-corrected chi connectivity index (χ0v) is 15.2. The molecule has 1 aromatic carbocycles. The van der Waals surface area contributed by atoms with E-state index in [0.717, 1.165) is 21.3 Å². The fourth-order valence-electron chi connectivity index (χ4n) is 2.28. The average molecular weight is 384 g/mol. The van der Waals surface area contributed by atoms with E-state index < -0.39 is 11.7 Å². The molecule has 2 aromatic rings. The predicted molar refractivity (Wildman–Crippen MR) is 92.5 cm³/mol. The molecular weight excluding hydrogens is 362 g/mol. The van der Waals surface area contributed by atoms with E-state index in [0.29, 0.717) is 19.5 Å². The molecule has 23 heavy (non-hydrogen) atoms. The second-order valence-electron chi connectivity index (χ2n) is 6.21. The van der Waals surface area contributed by atoms with Crippen LogP contribution in [0.15, 0.2) is 22.7 Å². The summed E-state index contributed by atoms with van der Waals surface area (Å²) in [6.07, 6.45) is 0.121. The van der Waals surface area contributed by atoms with Crippen molar-refractivity contribution in [3.63, 3.8) is 0 Å². The molecule has 0 atom stereocenters. The van der Waals surface area contributed by atoms with Crippen LogP contribution < -0.4 is 5.32 Å². The monoisotopic (exact) mass is 383 g/mol. The molecule has 0 radical (unpaired) electrons. The van der Waals surface area contributed by atoms with Gasteiger partial charge in [-0.2, -0.15) is 0 Å². The lowest BCUT2D eigenvalue weighted by Crippen LogP contribution is -2.33. The lowest BCUT2D eigenvalue weighted by Gasteiger charge is -2.19. The van der Waals surface area contributed by atoms with Gasteiger partial charge in [0, 0.05) is 24.0 Å². The number of amides is 1. The van der Waals surface area contributed by atoms with Gasteiger partial charge in [0.1, 0.15) is 11.4 Å². The zero-order chi connectivity index (χ0) is 17.0. The van der Waals surface area contributed by atoms with Gasteiger partial charge in [0.25, 0.3) is 0 Å². The van der Waals surface area contributed by atoms with Crippen molar-refractivity contribution in [2.45, 2.75) is 39.3 Å². The van der Waals surface area contributed by atoms with E-state index in [2.05, 4.69) is 26.2 Å². The number of hydrogen-bond acceptors (Lipinski definition) is 4. The summed E-state index contributed by atoms with van der Waals surface area (Å²) in [5.41, 5.74) is 1.31. The molecule has 2 rings (SSSR count). The number of nitrogens with zero attached hydrogens (tertiary/aromatic N) is 2. The van der Waals surface area contributed by atoms with Crippen molar-refractivity contribution < 1.29 is 14.6 Å². The van der Waals surface area contributed by atoms with Crippen LogP contribution in [0, 0.1) is 0 Å². The van der Waals surface area contributed by atoms with E-state index in [9.17, 15) is 9.90 Å². The Morgan fingerprint density at radius 1 is 1.43 bits per heavy atom. The molecule has 0 saturated heterocycles. The molecule has 0 saturated carbocycles.